The van der Waals surface area contributed by atoms with E-state index in [2.05, 4.69) is 0 Å². The summed E-state index contributed by atoms with van der Waals surface area (Å²) in [5, 5.41) is 5.23. The van der Waals surface area contributed by atoms with E-state index in [9.17, 15) is 22.8 Å². The summed E-state index contributed by atoms with van der Waals surface area (Å²) in [6.45, 7) is 0.216. The van der Waals surface area contributed by atoms with Gasteiger partial charge >= 0.3 is 0 Å². The SMILES string of the molecule is NS(=O)(=O)c1cccc(CN2[C@@H]3C(=O)C=C[C@H]2[C@@H]2C(=O)N(c4ccccc4)C(=O)[C@@H]23)c1. The Labute approximate surface area is 179 Å². The van der Waals surface area contributed by atoms with Gasteiger partial charge in [-0.2, -0.15) is 0 Å². The second-order valence-electron chi connectivity index (χ2n) is 7.96. The van der Waals surface area contributed by atoms with Crippen LogP contribution in [0.25, 0.3) is 0 Å². The minimum atomic E-state index is -3.87. The number of para-hydroxylation sites is 1. The van der Waals surface area contributed by atoms with Crippen molar-refractivity contribution in [1.29, 1.82) is 0 Å². The number of nitrogens with zero attached hydrogens (tertiary/aromatic N) is 2. The number of ketones is 1. The van der Waals surface area contributed by atoms with Gasteiger partial charge in [-0.3, -0.25) is 19.3 Å². The van der Waals surface area contributed by atoms with Gasteiger partial charge in [0.05, 0.1) is 28.5 Å². The predicted molar refractivity (Wildman–Crippen MR) is 111 cm³/mol. The molecule has 2 fully saturated rings. The number of hydrogen-bond acceptors (Lipinski definition) is 6. The van der Waals surface area contributed by atoms with E-state index in [0.717, 1.165) is 0 Å². The van der Waals surface area contributed by atoms with Crippen molar-refractivity contribution in [3.63, 3.8) is 0 Å². The average molecular weight is 437 g/mol. The van der Waals surface area contributed by atoms with E-state index < -0.39 is 33.9 Å². The maximum atomic E-state index is 13.3. The van der Waals surface area contributed by atoms with Crippen molar-refractivity contribution >= 4 is 33.3 Å². The lowest BCUT2D eigenvalue weighted by Crippen LogP contribution is -2.48. The van der Waals surface area contributed by atoms with Crippen molar-refractivity contribution in [2.45, 2.75) is 23.5 Å². The van der Waals surface area contributed by atoms with Crippen LogP contribution in [0.3, 0.4) is 0 Å². The molecule has 0 radical (unpaired) electrons. The zero-order valence-electron chi connectivity index (χ0n) is 16.3. The molecule has 2 N–H and O–H groups in total. The van der Waals surface area contributed by atoms with Crippen molar-refractivity contribution in [2.75, 3.05) is 4.90 Å². The second-order valence-corrected chi connectivity index (χ2v) is 9.52. The first-order chi connectivity index (χ1) is 14.8. The van der Waals surface area contributed by atoms with Gasteiger partial charge in [0.15, 0.2) is 5.78 Å². The van der Waals surface area contributed by atoms with Gasteiger partial charge < -0.3 is 0 Å². The molecule has 5 rings (SSSR count). The smallest absolute Gasteiger partial charge is 0.239 e. The van der Waals surface area contributed by atoms with Crippen molar-refractivity contribution in [3.05, 3.63) is 72.3 Å². The molecule has 0 unspecified atom stereocenters. The van der Waals surface area contributed by atoms with Crippen molar-refractivity contribution in [1.82, 2.24) is 4.90 Å². The number of carbonyl (C=O) groups excluding carboxylic acids is 3. The Kier molecular flexibility index (Phi) is 4.44. The maximum Gasteiger partial charge on any atom is 0.239 e. The minimum Gasteiger partial charge on any atom is -0.293 e. The Balaban J connectivity index is 1.50. The van der Waals surface area contributed by atoms with Crippen LogP contribution in [-0.2, 0) is 31.0 Å². The molecule has 4 atom stereocenters. The molecule has 0 saturated carbocycles. The van der Waals surface area contributed by atoms with Crippen LogP contribution in [0.1, 0.15) is 5.56 Å². The van der Waals surface area contributed by atoms with Crippen LogP contribution in [0.4, 0.5) is 5.69 Å². The first-order valence-corrected chi connectivity index (χ1v) is 11.3. The topological polar surface area (TPSA) is 118 Å². The van der Waals surface area contributed by atoms with Crippen molar-refractivity contribution < 1.29 is 22.8 Å². The van der Waals surface area contributed by atoms with Crippen molar-refractivity contribution in [2.24, 2.45) is 17.0 Å². The molecule has 8 nitrogen and oxygen atoms in total. The highest BCUT2D eigenvalue weighted by atomic mass is 32.2. The van der Waals surface area contributed by atoms with Crippen LogP contribution in [-0.4, -0.2) is 43.0 Å². The number of anilines is 1. The molecule has 2 amide bonds. The van der Waals surface area contributed by atoms with E-state index in [4.69, 9.17) is 5.14 Å². The molecule has 2 aromatic carbocycles. The van der Waals surface area contributed by atoms with E-state index in [1.807, 2.05) is 4.90 Å². The molecule has 2 bridgehead atoms. The summed E-state index contributed by atoms with van der Waals surface area (Å²) in [6, 6.07) is 13.6. The van der Waals surface area contributed by atoms with Crippen LogP contribution >= 0.6 is 0 Å². The zero-order chi connectivity index (χ0) is 21.9. The summed E-state index contributed by atoms with van der Waals surface area (Å²) in [7, 11) is -3.87. The number of primary sulfonamides is 1. The first-order valence-electron chi connectivity index (χ1n) is 9.80. The number of rotatable bonds is 4. The number of carbonyl (C=O) groups is 3. The molecule has 0 spiro atoms. The Morgan fingerprint density at radius 2 is 1.61 bits per heavy atom. The molecule has 3 aliphatic heterocycles. The lowest BCUT2D eigenvalue weighted by Gasteiger charge is -2.33. The standard InChI is InChI=1S/C22H19N3O5S/c23-31(29,30)15-8-4-5-13(11-15)12-24-16-9-10-17(26)20(24)19-18(16)21(27)25(22(19)28)14-6-2-1-3-7-14/h1-11,16,18-20H,12H2,(H2,23,29,30)/t16-,18-,19-,20+/m0/s1. The summed E-state index contributed by atoms with van der Waals surface area (Å²) in [5.74, 6) is -2.38. The fraction of sp³-hybridized carbons (Fsp3) is 0.227. The van der Waals surface area contributed by atoms with Crippen LogP contribution in [0.2, 0.25) is 0 Å². The molecule has 31 heavy (non-hydrogen) atoms. The van der Waals surface area contributed by atoms with Gasteiger partial charge in [0.2, 0.25) is 21.8 Å². The van der Waals surface area contributed by atoms with Crippen molar-refractivity contribution in [3.8, 4) is 0 Å². The molecular formula is C22H19N3O5S. The number of nitrogens with two attached hydrogens (primary N) is 1. The fourth-order valence-corrected chi connectivity index (χ4v) is 5.52. The summed E-state index contributed by atoms with van der Waals surface area (Å²) >= 11 is 0. The summed E-state index contributed by atoms with van der Waals surface area (Å²) in [5.41, 5.74) is 1.12. The lowest BCUT2D eigenvalue weighted by molar-refractivity contribution is -0.129. The van der Waals surface area contributed by atoms with Gasteiger partial charge in [-0.05, 0) is 35.9 Å². The largest absolute Gasteiger partial charge is 0.293 e. The number of hydrogen-bond donors (Lipinski definition) is 1. The van der Waals surface area contributed by atoms with E-state index in [1.165, 1.54) is 23.1 Å². The minimum absolute atomic E-state index is 0.0289. The second kappa shape index (κ2) is 6.94. The van der Waals surface area contributed by atoms with Gasteiger partial charge in [0.1, 0.15) is 0 Å². The summed E-state index contributed by atoms with van der Waals surface area (Å²) in [4.78, 5) is 42.3. The van der Waals surface area contributed by atoms with Crippen LogP contribution in [0, 0.1) is 11.8 Å². The fourth-order valence-electron chi connectivity index (χ4n) is 4.93. The van der Waals surface area contributed by atoms with E-state index in [-0.39, 0.29) is 29.0 Å². The summed E-state index contributed by atoms with van der Waals surface area (Å²) < 4.78 is 23.4. The Morgan fingerprint density at radius 3 is 2.32 bits per heavy atom. The van der Waals surface area contributed by atoms with E-state index >= 15 is 0 Å². The van der Waals surface area contributed by atoms with Gasteiger partial charge in [0, 0.05) is 12.6 Å². The average Bonchev–Trinajstić information content (AvgIpc) is 3.12. The van der Waals surface area contributed by atoms with Crippen LogP contribution in [0.5, 0.6) is 0 Å². The Morgan fingerprint density at radius 1 is 0.903 bits per heavy atom. The molecule has 3 heterocycles. The summed E-state index contributed by atoms with van der Waals surface area (Å²) in [6.07, 6.45) is 3.12. The highest BCUT2D eigenvalue weighted by molar-refractivity contribution is 7.89. The number of imide groups is 1. The zero-order valence-corrected chi connectivity index (χ0v) is 17.1. The van der Waals surface area contributed by atoms with Crippen LogP contribution in [0.15, 0.2) is 71.6 Å². The van der Waals surface area contributed by atoms with Gasteiger partial charge in [-0.25, -0.2) is 18.5 Å². The Bertz CT molecular complexity index is 1240. The monoisotopic (exact) mass is 437 g/mol. The molecule has 0 aliphatic carbocycles. The molecule has 9 heteroatoms. The normalized spacial score (nSPS) is 27.8. The number of benzene rings is 2. The number of amides is 2. The predicted octanol–water partition coefficient (Wildman–Crippen LogP) is 0.831. The first kappa shape index (κ1) is 19.8. The molecule has 2 aromatic rings. The molecular weight excluding hydrogens is 418 g/mol. The van der Waals surface area contributed by atoms with E-state index in [1.54, 1.807) is 48.5 Å². The molecule has 2 saturated heterocycles. The van der Waals surface area contributed by atoms with Gasteiger partial charge in [0.25, 0.3) is 0 Å². The maximum absolute atomic E-state index is 13.3. The van der Waals surface area contributed by atoms with Gasteiger partial charge in [-0.15, -0.1) is 0 Å². The quantitative estimate of drug-likeness (QED) is 0.708. The third-order valence-corrected chi connectivity index (χ3v) is 7.11. The molecule has 158 valence electrons. The lowest BCUT2D eigenvalue weighted by atomic mass is 9.90. The third kappa shape index (κ3) is 3.04. The highest BCUT2D eigenvalue weighted by Gasteiger charge is 2.64. The van der Waals surface area contributed by atoms with Gasteiger partial charge in [-0.1, -0.05) is 36.4 Å². The molecule has 3 aliphatic rings. The highest BCUT2D eigenvalue weighted by Crippen LogP contribution is 2.47. The third-order valence-electron chi connectivity index (χ3n) is 6.20. The Hall–Kier alpha value is -3.14. The number of fused-ring (bicyclic) bond motifs is 5. The molecule has 0 aromatic heterocycles. The van der Waals surface area contributed by atoms with E-state index in [0.29, 0.717) is 11.3 Å². The van der Waals surface area contributed by atoms with Crippen LogP contribution < -0.4 is 10.0 Å². The number of sulfonamides is 1.